The number of likely N-dealkylation sites (N-methyl/N-ethyl adjacent to an activating group) is 2. The molecule has 0 atom stereocenters. The van der Waals surface area contributed by atoms with Gasteiger partial charge in [0.15, 0.2) is 33.3 Å². The largest absolute Gasteiger partial charge is 0.493 e. The molecule has 88 heavy (non-hydrogen) atoms. The van der Waals surface area contributed by atoms with E-state index >= 15 is 4.39 Å². The number of halogens is 2. The first-order valence-electron chi connectivity index (χ1n) is 28.7. The molecule has 22 nitrogen and oxygen atoms in total. The number of benzene rings is 6. The molecule has 4 N–H and O–H groups in total. The number of carbonyl (C=O) groups is 2. The minimum absolute atomic E-state index is 0.0338. The summed E-state index contributed by atoms with van der Waals surface area (Å²) >= 11 is 2.34. The molecule has 0 saturated carbocycles. The van der Waals surface area contributed by atoms with Gasteiger partial charge >= 0.3 is 12.1 Å². The third kappa shape index (κ3) is 13.8. The van der Waals surface area contributed by atoms with Crippen LogP contribution in [0.4, 0.5) is 63.0 Å². The summed E-state index contributed by atoms with van der Waals surface area (Å²) in [6.07, 6.45) is 4.70. The first kappa shape index (κ1) is 59.2. The Kier molecular flexibility index (Phi) is 18.0. The topological polar surface area (TPSA) is 216 Å². The van der Waals surface area contributed by atoms with Crippen molar-refractivity contribution in [2.75, 3.05) is 138 Å². The number of nitrogens with one attached hydrogen (secondary N) is 4. The summed E-state index contributed by atoms with van der Waals surface area (Å²) in [4.78, 5) is 66.9. The van der Waals surface area contributed by atoms with Crippen LogP contribution >= 0.6 is 22.7 Å². The van der Waals surface area contributed by atoms with Crippen LogP contribution in [-0.2, 0) is 0 Å². The summed E-state index contributed by atoms with van der Waals surface area (Å²) in [5, 5.41) is 16.1. The van der Waals surface area contributed by atoms with E-state index in [0.29, 0.717) is 101 Å². The van der Waals surface area contributed by atoms with Crippen molar-refractivity contribution in [1.29, 1.82) is 0 Å². The predicted molar refractivity (Wildman–Crippen MR) is 342 cm³/mol. The lowest BCUT2D eigenvalue weighted by atomic mass is 10.2. The molecule has 0 unspecified atom stereocenters. The number of hydrogen-bond donors (Lipinski definition) is 4. The number of nitrogens with zero attached hydrogens (tertiary/aromatic N) is 12. The fraction of sp³-hybridized carbons (Fsp3) is 0.290. The molecule has 2 aliphatic heterocycles. The minimum atomic E-state index is -0.891. The van der Waals surface area contributed by atoms with Crippen LogP contribution in [0.2, 0.25) is 0 Å². The molecule has 12 rings (SSSR count). The lowest BCUT2D eigenvalue weighted by molar-refractivity contribution is 0.145. The van der Waals surface area contributed by atoms with Gasteiger partial charge in [0.25, 0.3) is 0 Å². The zero-order valence-electron chi connectivity index (χ0n) is 48.8. The van der Waals surface area contributed by atoms with Gasteiger partial charge in [0, 0.05) is 99.7 Å². The number of methoxy groups -OCH3 is 2. The average molecular weight is 1230 g/mol. The standard InChI is InChI=1S/C62H64F2N16O6S2/c1-75-20-24-77(25-21-75)18-6-28-85-53-35-49-45(33-51(53)83-3)57(67-37-65-49)69-41-12-16-47-55(31-41)87-59(71-47)73-61(81)79(43-14-10-39(63)11-15-43)80(44-9-5-8-40(64)30-44)62(82)74-60-72-48-17-13-42(32-56(48)88-60)70-58-46-34-52(84-4)54(36-50(46)66-38-68-58)86-29-7-19-78-26-22-76(2)23-27-78/h5,8-17,30-38H,6-7,18-29H2,1-4H3,(H,65,67,69)(H,66,68,70)(H,71,73,81)(H,72,74,82). The quantitative estimate of drug-likeness (QED) is 0.0412. The molecular formula is C62H64F2N16O6S2. The van der Waals surface area contributed by atoms with Crippen molar-refractivity contribution in [2.45, 2.75) is 12.8 Å². The molecule has 2 aliphatic rings. The van der Waals surface area contributed by atoms with Crippen molar-refractivity contribution < 1.29 is 37.3 Å². The van der Waals surface area contributed by atoms with Gasteiger partial charge in [-0.05, 0) is 118 Å². The highest BCUT2D eigenvalue weighted by atomic mass is 32.1. The molecule has 6 heterocycles. The molecule has 0 radical (unpaired) electrons. The number of fused-ring (bicyclic) bond motifs is 4. The van der Waals surface area contributed by atoms with Crippen LogP contribution in [0.15, 0.2) is 122 Å². The monoisotopic (exact) mass is 1230 g/mol. The summed E-state index contributed by atoms with van der Waals surface area (Å²) in [6, 6.07) is 26.7. The van der Waals surface area contributed by atoms with Gasteiger partial charge in [-0.25, -0.2) is 48.3 Å². The Hall–Kier alpha value is -9.18. The van der Waals surface area contributed by atoms with Crippen LogP contribution in [0.1, 0.15) is 12.8 Å². The Bertz CT molecular complexity index is 4130. The van der Waals surface area contributed by atoms with Gasteiger partial charge in [0.05, 0.1) is 70.3 Å². The van der Waals surface area contributed by atoms with Crippen molar-refractivity contribution >= 4 is 122 Å². The molecule has 4 amide bonds. The maximum absolute atomic E-state index is 15.2. The highest BCUT2D eigenvalue weighted by Gasteiger charge is 2.32. The second-order valence-electron chi connectivity index (χ2n) is 21.3. The predicted octanol–water partition coefficient (Wildman–Crippen LogP) is 11.3. The number of hydrazine groups is 1. The summed E-state index contributed by atoms with van der Waals surface area (Å²) in [5.41, 5.74) is 3.80. The number of piperazine rings is 2. The first-order valence-corrected chi connectivity index (χ1v) is 30.3. The van der Waals surface area contributed by atoms with Crippen molar-refractivity contribution in [2.24, 2.45) is 0 Å². The lowest BCUT2D eigenvalue weighted by Gasteiger charge is -2.34. The van der Waals surface area contributed by atoms with E-state index in [1.165, 1.54) is 65.7 Å². The van der Waals surface area contributed by atoms with Gasteiger partial charge in [0.2, 0.25) is 0 Å². The molecule has 454 valence electrons. The number of ether oxygens (including phenoxy) is 4. The first-order chi connectivity index (χ1) is 42.9. The molecule has 6 aromatic carbocycles. The summed E-state index contributed by atoms with van der Waals surface area (Å²) in [7, 11) is 7.49. The fourth-order valence-corrected chi connectivity index (χ4v) is 12.3. The second-order valence-corrected chi connectivity index (χ2v) is 23.3. The number of thiazole rings is 2. The average Bonchev–Trinajstić information content (AvgIpc) is 1.98. The lowest BCUT2D eigenvalue weighted by Crippen LogP contribution is -2.54. The molecule has 2 saturated heterocycles. The van der Waals surface area contributed by atoms with Crippen LogP contribution < -0.4 is 50.2 Å². The zero-order chi connectivity index (χ0) is 60.7. The number of aromatic nitrogens is 6. The highest BCUT2D eigenvalue weighted by molar-refractivity contribution is 7.22. The van der Waals surface area contributed by atoms with Crippen LogP contribution in [0.3, 0.4) is 0 Å². The normalized spacial score (nSPS) is 14.3. The molecule has 10 aromatic rings. The van der Waals surface area contributed by atoms with E-state index in [9.17, 15) is 14.0 Å². The van der Waals surface area contributed by atoms with Crippen LogP contribution in [-0.4, -0.2) is 169 Å². The summed E-state index contributed by atoms with van der Waals surface area (Å²) in [6.45, 7) is 11.4. The molecule has 2 fully saturated rings. The van der Waals surface area contributed by atoms with Crippen LogP contribution in [0.25, 0.3) is 42.2 Å². The van der Waals surface area contributed by atoms with Gasteiger partial charge in [-0.1, -0.05) is 28.7 Å². The van der Waals surface area contributed by atoms with Gasteiger partial charge in [0.1, 0.15) is 35.9 Å². The summed E-state index contributed by atoms with van der Waals surface area (Å²) in [5.74, 6) is 2.05. The van der Waals surface area contributed by atoms with Crippen LogP contribution in [0.5, 0.6) is 23.0 Å². The fourth-order valence-electron chi connectivity index (χ4n) is 10.5. The van der Waals surface area contributed by atoms with E-state index in [2.05, 4.69) is 74.9 Å². The van der Waals surface area contributed by atoms with Gasteiger partial charge in [-0.2, -0.15) is 10.0 Å². The molecular weight excluding hydrogens is 1170 g/mol. The van der Waals surface area contributed by atoms with E-state index in [4.69, 9.17) is 28.9 Å². The third-order valence-electron chi connectivity index (χ3n) is 15.2. The van der Waals surface area contributed by atoms with Crippen molar-refractivity contribution in [3.05, 3.63) is 133 Å². The Morgan fingerprint density at radius 1 is 0.523 bits per heavy atom. The molecule has 26 heteroatoms. The van der Waals surface area contributed by atoms with Crippen molar-refractivity contribution in [3.8, 4) is 23.0 Å². The van der Waals surface area contributed by atoms with E-state index in [1.54, 1.807) is 26.4 Å². The van der Waals surface area contributed by atoms with Crippen LogP contribution in [0, 0.1) is 11.6 Å². The number of amides is 4. The maximum atomic E-state index is 15.2. The Labute approximate surface area is 513 Å². The van der Waals surface area contributed by atoms with E-state index < -0.39 is 23.7 Å². The molecule has 0 bridgehead atoms. The number of anilines is 8. The number of hydrogen-bond acceptors (Lipinski definition) is 20. The van der Waals surface area contributed by atoms with E-state index in [-0.39, 0.29) is 21.6 Å². The van der Waals surface area contributed by atoms with E-state index in [0.717, 1.165) is 107 Å². The van der Waals surface area contributed by atoms with Crippen molar-refractivity contribution in [1.82, 2.24) is 49.5 Å². The SMILES string of the molecule is COc1cc2c(Nc3ccc4nc(NC(=O)N(c5ccc(F)cc5)N(C(=O)Nc5nc6ccc(Nc7ncnc8cc(OCCCN9CCN(C)CC9)c(OC)cc78)cc6s5)c5cccc(F)c5)sc4c3)ncnc2cc1OCCCN1CCN(C)CC1. The summed E-state index contributed by atoms with van der Waals surface area (Å²) < 4.78 is 55.2. The molecule has 0 aliphatic carbocycles. The van der Waals surface area contributed by atoms with Crippen molar-refractivity contribution in [3.63, 3.8) is 0 Å². The number of rotatable bonds is 20. The van der Waals surface area contributed by atoms with Gasteiger partial charge < -0.3 is 49.2 Å². The van der Waals surface area contributed by atoms with Gasteiger partial charge in [-0.3, -0.25) is 10.6 Å². The molecule has 0 spiro atoms. The zero-order valence-corrected chi connectivity index (χ0v) is 50.5. The van der Waals surface area contributed by atoms with E-state index in [1.807, 2.05) is 48.5 Å². The Balaban J connectivity index is 0.748. The highest BCUT2D eigenvalue weighted by Crippen LogP contribution is 2.39. The smallest absolute Gasteiger partial charge is 0.347 e. The van der Waals surface area contributed by atoms with Gasteiger partial charge in [-0.15, -0.1) is 0 Å². The molecule has 4 aromatic heterocycles. The number of carbonyl (C=O) groups excluding carboxylic acids is 2. The Morgan fingerprint density at radius 2 is 1.00 bits per heavy atom. The second kappa shape index (κ2) is 26.8. The third-order valence-corrected chi connectivity index (χ3v) is 17.1. The number of urea groups is 2. The minimum Gasteiger partial charge on any atom is -0.493 e. The maximum Gasteiger partial charge on any atom is 0.347 e. The Morgan fingerprint density at radius 3 is 1.47 bits per heavy atom.